The van der Waals surface area contributed by atoms with Crippen molar-refractivity contribution in [1.29, 1.82) is 0 Å². The Morgan fingerprint density at radius 3 is 2.20 bits per heavy atom. The van der Waals surface area contributed by atoms with Gasteiger partial charge in [0.1, 0.15) is 0 Å². The van der Waals surface area contributed by atoms with E-state index in [-0.39, 0.29) is 11.8 Å². The smallest absolute Gasteiger partial charge is 0.257 e. The molecule has 30 heavy (non-hydrogen) atoms. The average molecular weight is 469 g/mol. The van der Waals surface area contributed by atoms with E-state index in [1.54, 1.807) is 46.9 Å². The lowest BCUT2D eigenvalue weighted by Crippen LogP contribution is -2.30. The summed E-state index contributed by atoms with van der Waals surface area (Å²) in [5.74, 6) is -0.104. The van der Waals surface area contributed by atoms with Crippen LogP contribution >= 0.6 is 15.9 Å². The van der Waals surface area contributed by atoms with E-state index in [2.05, 4.69) is 21.0 Å². The Morgan fingerprint density at radius 2 is 1.63 bits per heavy atom. The highest BCUT2D eigenvalue weighted by atomic mass is 79.9. The molecule has 6 nitrogen and oxygen atoms in total. The first-order chi connectivity index (χ1) is 14.3. The Kier molecular flexibility index (Phi) is 6.72. The van der Waals surface area contributed by atoms with Crippen LogP contribution in [0.3, 0.4) is 0 Å². The Labute approximate surface area is 185 Å². The molecule has 0 radical (unpaired) electrons. The second kappa shape index (κ2) is 9.26. The van der Waals surface area contributed by atoms with Crippen molar-refractivity contribution < 1.29 is 9.59 Å². The molecule has 0 saturated heterocycles. The average Bonchev–Trinajstić information content (AvgIpc) is 3.13. The number of nitrogens with zero attached hydrogens (tertiary/aromatic N) is 4. The van der Waals surface area contributed by atoms with Crippen molar-refractivity contribution in [3.8, 4) is 5.69 Å². The number of rotatable bonds is 6. The lowest BCUT2D eigenvalue weighted by Gasteiger charge is -2.21. The van der Waals surface area contributed by atoms with Gasteiger partial charge >= 0.3 is 0 Å². The number of carbonyl (C=O) groups excluding carboxylic acids is 2. The van der Waals surface area contributed by atoms with Gasteiger partial charge in [0.2, 0.25) is 0 Å². The summed E-state index contributed by atoms with van der Waals surface area (Å²) >= 11 is 3.43. The molecular formula is C23H25BrN4O2. The second-order valence-electron chi connectivity index (χ2n) is 7.25. The maximum Gasteiger partial charge on any atom is 0.257 e. The Balaban J connectivity index is 1.78. The highest BCUT2D eigenvalue weighted by molar-refractivity contribution is 9.10. The van der Waals surface area contributed by atoms with E-state index in [4.69, 9.17) is 0 Å². The minimum Gasteiger partial charge on any atom is -0.345 e. The van der Waals surface area contributed by atoms with Crippen molar-refractivity contribution in [2.24, 2.45) is 0 Å². The van der Waals surface area contributed by atoms with E-state index in [0.29, 0.717) is 24.2 Å². The van der Waals surface area contributed by atoms with Crippen LogP contribution in [0.2, 0.25) is 0 Å². The molecule has 0 bridgehead atoms. The van der Waals surface area contributed by atoms with Crippen molar-refractivity contribution in [2.45, 2.75) is 20.4 Å². The molecule has 2 amide bonds. The van der Waals surface area contributed by atoms with Crippen molar-refractivity contribution in [3.05, 3.63) is 81.6 Å². The summed E-state index contributed by atoms with van der Waals surface area (Å²) in [6, 6.07) is 15.2. The van der Waals surface area contributed by atoms with Crippen LogP contribution in [0, 0.1) is 6.92 Å². The molecule has 1 heterocycles. The van der Waals surface area contributed by atoms with E-state index < -0.39 is 0 Å². The first-order valence-electron chi connectivity index (χ1n) is 9.72. The van der Waals surface area contributed by atoms with Crippen LogP contribution in [0.5, 0.6) is 0 Å². The molecule has 0 unspecified atom stereocenters. The second-order valence-corrected chi connectivity index (χ2v) is 8.16. The zero-order valence-corrected chi connectivity index (χ0v) is 19.2. The van der Waals surface area contributed by atoms with Crippen LogP contribution in [0.4, 0.5) is 0 Å². The van der Waals surface area contributed by atoms with Gasteiger partial charge < -0.3 is 9.80 Å². The summed E-state index contributed by atoms with van der Waals surface area (Å²) in [6.07, 6.45) is 1.63. The van der Waals surface area contributed by atoms with Gasteiger partial charge in [0.25, 0.3) is 11.8 Å². The van der Waals surface area contributed by atoms with Crippen LogP contribution in [0.1, 0.15) is 38.9 Å². The molecule has 7 heteroatoms. The zero-order valence-electron chi connectivity index (χ0n) is 17.6. The predicted octanol–water partition coefficient (Wildman–Crippen LogP) is 4.31. The van der Waals surface area contributed by atoms with Gasteiger partial charge in [-0.15, -0.1) is 0 Å². The quantitative estimate of drug-likeness (QED) is 0.541. The number of carbonyl (C=O) groups is 2. The molecule has 1 aromatic heterocycles. The Morgan fingerprint density at radius 1 is 1.00 bits per heavy atom. The summed E-state index contributed by atoms with van der Waals surface area (Å²) in [7, 11) is 3.45. The molecule has 0 aliphatic carbocycles. The molecule has 0 atom stereocenters. The third-order valence-electron chi connectivity index (χ3n) is 4.96. The van der Waals surface area contributed by atoms with Gasteiger partial charge in [-0.3, -0.25) is 9.59 Å². The van der Waals surface area contributed by atoms with Gasteiger partial charge in [-0.1, -0.05) is 28.1 Å². The molecule has 0 aliphatic rings. The Hall–Kier alpha value is -2.93. The Bertz CT molecular complexity index is 1040. The van der Waals surface area contributed by atoms with E-state index in [9.17, 15) is 9.59 Å². The van der Waals surface area contributed by atoms with Gasteiger partial charge in [0, 0.05) is 37.2 Å². The van der Waals surface area contributed by atoms with Gasteiger partial charge in [0.15, 0.2) is 0 Å². The van der Waals surface area contributed by atoms with Gasteiger partial charge in [-0.25, -0.2) is 4.68 Å². The molecular weight excluding hydrogens is 444 g/mol. The molecule has 0 fully saturated rings. The van der Waals surface area contributed by atoms with Gasteiger partial charge in [-0.05, 0) is 55.8 Å². The van der Waals surface area contributed by atoms with E-state index >= 15 is 0 Å². The minimum absolute atomic E-state index is 0.0408. The first kappa shape index (κ1) is 21.8. The van der Waals surface area contributed by atoms with Crippen LogP contribution in [-0.2, 0) is 6.54 Å². The fourth-order valence-corrected chi connectivity index (χ4v) is 3.46. The highest BCUT2D eigenvalue weighted by Gasteiger charge is 2.20. The zero-order chi connectivity index (χ0) is 21.8. The largest absolute Gasteiger partial charge is 0.345 e. The number of benzene rings is 2. The van der Waals surface area contributed by atoms with E-state index in [1.165, 1.54) is 0 Å². The monoisotopic (exact) mass is 468 g/mol. The molecule has 0 saturated carbocycles. The maximum absolute atomic E-state index is 13.2. The molecule has 0 N–H and O–H groups in total. The predicted molar refractivity (Wildman–Crippen MR) is 121 cm³/mol. The van der Waals surface area contributed by atoms with Crippen LogP contribution in [-0.4, -0.2) is 52.0 Å². The van der Waals surface area contributed by atoms with Gasteiger partial charge in [0.05, 0.1) is 23.1 Å². The lowest BCUT2D eigenvalue weighted by atomic mass is 10.1. The van der Waals surface area contributed by atoms with Crippen molar-refractivity contribution in [1.82, 2.24) is 19.6 Å². The molecule has 2 aromatic carbocycles. The molecule has 0 spiro atoms. The maximum atomic E-state index is 13.2. The fraction of sp³-hybridized carbons (Fsp3) is 0.261. The van der Waals surface area contributed by atoms with Crippen LogP contribution in [0.25, 0.3) is 5.69 Å². The van der Waals surface area contributed by atoms with Gasteiger partial charge in [-0.2, -0.15) is 5.10 Å². The summed E-state index contributed by atoms with van der Waals surface area (Å²) in [5.41, 5.74) is 3.88. The highest BCUT2D eigenvalue weighted by Crippen LogP contribution is 2.19. The number of halogens is 1. The standard InChI is InChI=1S/C23H25BrN4O2/c1-5-27(15-17-6-8-18(9-7-17)22(29)26(3)4)23(30)21-14-25-28(16(21)2)20-12-10-19(24)11-13-20/h6-14H,5,15H2,1-4H3. The summed E-state index contributed by atoms with van der Waals surface area (Å²) < 4.78 is 2.76. The van der Waals surface area contributed by atoms with E-state index in [0.717, 1.165) is 21.4 Å². The molecule has 3 aromatic rings. The van der Waals surface area contributed by atoms with Crippen molar-refractivity contribution in [2.75, 3.05) is 20.6 Å². The van der Waals surface area contributed by atoms with E-state index in [1.807, 2.05) is 50.2 Å². The molecule has 156 valence electrons. The van der Waals surface area contributed by atoms with Crippen molar-refractivity contribution in [3.63, 3.8) is 0 Å². The number of aromatic nitrogens is 2. The third kappa shape index (κ3) is 4.62. The summed E-state index contributed by atoms with van der Waals surface area (Å²) in [4.78, 5) is 28.5. The summed E-state index contributed by atoms with van der Waals surface area (Å²) in [6.45, 7) is 4.89. The van der Waals surface area contributed by atoms with Crippen LogP contribution < -0.4 is 0 Å². The molecule has 3 rings (SSSR count). The topological polar surface area (TPSA) is 58.4 Å². The number of hydrogen-bond donors (Lipinski definition) is 0. The third-order valence-corrected chi connectivity index (χ3v) is 5.49. The first-order valence-corrected chi connectivity index (χ1v) is 10.5. The molecule has 0 aliphatic heterocycles. The normalized spacial score (nSPS) is 10.7. The summed E-state index contributed by atoms with van der Waals surface area (Å²) in [5, 5.41) is 4.42. The number of amides is 2. The number of hydrogen-bond acceptors (Lipinski definition) is 3. The SMILES string of the molecule is CCN(Cc1ccc(C(=O)N(C)C)cc1)C(=O)c1cnn(-c2ccc(Br)cc2)c1C. The van der Waals surface area contributed by atoms with Crippen molar-refractivity contribution >= 4 is 27.7 Å². The fourth-order valence-electron chi connectivity index (χ4n) is 3.19. The minimum atomic E-state index is -0.0631. The lowest BCUT2D eigenvalue weighted by molar-refractivity contribution is 0.0750. The van der Waals surface area contributed by atoms with Crippen LogP contribution in [0.15, 0.2) is 59.2 Å².